The summed E-state index contributed by atoms with van der Waals surface area (Å²) in [6, 6.07) is 3.91. The van der Waals surface area contributed by atoms with E-state index in [-0.39, 0.29) is 5.56 Å². The highest BCUT2D eigenvalue weighted by Crippen LogP contribution is 2.31. The summed E-state index contributed by atoms with van der Waals surface area (Å²) < 4.78 is 37.3. The van der Waals surface area contributed by atoms with Crippen LogP contribution in [-0.4, -0.2) is 13.6 Å². The quantitative estimate of drug-likeness (QED) is 0.727. The van der Waals surface area contributed by atoms with E-state index in [0.717, 1.165) is 6.07 Å². The van der Waals surface area contributed by atoms with Gasteiger partial charge >= 0.3 is 6.18 Å². The molecule has 4 heteroatoms. The summed E-state index contributed by atoms with van der Waals surface area (Å²) in [6.45, 7) is 1.95. The van der Waals surface area contributed by atoms with E-state index < -0.39 is 11.7 Å². The Morgan fingerprint density at radius 1 is 1.31 bits per heavy atom. The molecule has 0 heterocycles. The molecule has 1 aromatic carbocycles. The van der Waals surface area contributed by atoms with Gasteiger partial charge in [-0.25, -0.2) is 0 Å². The van der Waals surface area contributed by atoms with Gasteiger partial charge in [0.25, 0.3) is 0 Å². The van der Waals surface area contributed by atoms with Crippen LogP contribution in [0.2, 0.25) is 0 Å². The van der Waals surface area contributed by atoms with Gasteiger partial charge in [0.2, 0.25) is 0 Å². The van der Waals surface area contributed by atoms with Gasteiger partial charge in [-0.15, -0.1) is 0 Å². The average Bonchev–Trinajstić information content (AvgIpc) is 2.16. The molecule has 1 N–H and O–H groups in total. The molecule has 0 spiro atoms. The van der Waals surface area contributed by atoms with Crippen molar-refractivity contribution in [2.24, 2.45) is 0 Å². The minimum atomic E-state index is -4.29. The lowest BCUT2D eigenvalue weighted by atomic mass is 10.1. The molecule has 86 valence electrons. The third-order valence-electron chi connectivity index (χ3n) is 2.03. The van der Waals surface area contributed by atoms with Crippen molar-refractivity contribution in [3.63, 3.8) is 0 Å². The third kappa shape index (κ3) is 3.28. The monoisotopic (exact) mass is 227 g/mol. The van der Waals surface area contributed by atoms with Crippen LogP contribution in [0.1, 0.15) is 16.7 Å². The van der Waals surface area contributed by atoms with Gasteiger partial charge in [0.15, 0.2) is 0 Å². The molecule has 0 unspecified atom stereocenters. The van der Waals surface area contributed by atoms with Gasteiger partial charge < -0.3 is 5.32 Å². The van der Waals surface area contributed by atoms with Crippen molar-refractivity contribution in [3.8, 4) is 11.8 Å². The number of alkyl halides is 3. The molecule has 0 atom stereocenters. The predicted molar refractivity (Wildman–Crippen MR) is 57.0 cm³/mol. The molecule has 0 saturated heterocycles. The first-order valence-electron chi connectivity index (χ1n) is 4.76. The van der Waals surface area contributed by atoms with Crippen molar-refractivity contribution in [1.29, 1.82) is 0 Å². The fraction of sp³-hybridized carbons (Fsp3) is 0.333. The van der Waals surface area contributed by atoms with Gasteiger partial charge in [0.1, 0.15) is 0 Å². The lowest BCUT2D eigenvalue weighted by molar-refractivity contribution is -0.138. The minimum absolute atomic E-state index is 0.198. The maximum Gasteiger partial charge on any atom is 0.416 e. The summed E-state index contributed by atoms with van der Waals surface area (Å²) in [5.41, 5.74) is 0.191. The van der Waals surface area contributed by atoms with E-state index in [0.29, 0.717) is 12.1 Å². The Morgan fingerprint density at radius 3 is 2.50 bits per heavy atom. The van der Waals surface area contributed by atoms with Gasteiger partial charge in [-0.2, -0.15) is 13.2 Å². The van der Waals surface area contributed by atoms with Gasteiger partial charge in [-0.05, 0) is 37.7 Å². The molecule has 0 aliphatic heterocycles. The maximum atomic E-state index is 12.4. The van der Waals surface area contributed by atoms with Crippen molar-refractivity contribution in [1.82, 2.24) is 5.32 Å². The van der Waals surface area contributed by atoms with E-state index in [9.17, 15) is 13.2 Å². The van der Waals surface area contributed by atoms with Crippen LogP contribution in [0.4, 0.5) is 13.2 Å². The highest BCUT2D eigenvalue weighted by atomic mass is 19.4. The number of aryl methyl sites for hydroxylation is 1. The van der Waals surface area contributed by atoms with Crippen molar-refractivity contribution < 1.29 is 13.2 Å². The molecule has 0 aliphatic carbocycles. The number of rotatable bonds is 1. The molecule has 1 rings (SSSR count). The molecular formula is C12H12F3N. The first kappa shape index (κ1) is 12.6. The first-order chi connectivity index (χ1) is 7.45. The summed E-state index contributed by atoms with van der Waals surface area (Å²) in [6.07, 6.45) is -4.29. The first-order valence-corrected chi connectivity index (χ1v) is 4.76. The highest BCUT2D eigenvalue weighted by molar-refractivity contribution is 5.41. The zero-order valence-corrected chi connectivity index (χ0v) is 9.07. The van der Waals surface area contributed by atoms with Crippen LogP contribution in [0.15, 0.2) is 18.2 Å². The standard InChI is InChI=1S/C12H12F3N/c1-9-8-10(4-3-7-16-2)5-6-11(9)12(13,14)15/h5-6,8,16H,7H2,1-2H3. The van der Waals surface area contributed by atoms with Crippen molar-refractivity contribution in [2.75, 3.05) is 13.6 Å². The molecule has 0 fully saturated rings. The molecular weight excluding hydrogens is 215 g/mol. The zero-order valence-electron chi connectivity index (χ0n) is 9.07. The molecule has 0 saturated carbocycles. The molecule has 0 aromatic heterocycles. The Kier molecular flexibility index (Phi) is 3.97. The van der Waals surface area contributed by atoms with Crippen LogP contribution in [-0.2, 0) is 6.18 Å². The van der Waals surface area contributed by atoms with E-state index in [1.54, 1.807) is 7.05 Å². The van der Waals surface area contributed by atoms with Crippen molar-refractivity contribution in [2.45, 2.75) is 13.1 Å². The number of nitrogens with one attached hydrogen (secondary N) is 1. The molecule has 0 amide bonds. The fourth-order valence-corrected chi connectivity index (χ4v) is 1.29. The van der Waals surface area contributed by atoms with Crippen LogP contribution in [0.5, 0.6) is 0 Å². The summed E-state index contributed by atoms with van der Waals surface area (Å²) >= 11 is 0. The Hall–Kier alpha value is -1.47. The average molecular weight is 227 g/mol. The van der Waals surface area contributed by atoms with E-state index in [4.69, 9.17) is 0 Å². The van der Waals surface area contributed by atoms with E-state index in [2.05, 4.69) is 17.2 Å². The van der Waals surface area contributed by atoms with Gasteiger partial charge in [-0.1, -0.05) is 11.8 Å². The van der Waals surface area contributed by atoms with Crippen LogP contribution in [0.3, 0.4) is 0 Å². The molecule has 1 aromatic rings. The Balaban J connectivity index is 2.97. The fourth-order valence-electron chi connectivity index (χ4n) is 1.29. The van der Waals surface area contributed by atoms with E-state index >= 15 is 0 Å². The predicted octanol–water partition coefficient (Wildman–Crippen LogP) is 2.58. The molecule has 16 heavy (non-hydrogen) atoms. The van der Waals surface area contributed by atoms with Crippen LogP contribution in [0.25, 0.3) is 0 Å². The SMILES string of the molecule is CNCC#Cc1ccc(C(F)(F)F)c(C)c1. The zero-order chi connectivity index (χ0) is 12.2. The second-order valence-electron chi connectivity index (χ2n) is 3.36. The van der Waals surface area contributed by atoms with Crippen LogP contribution >= 0.6 is 0 Å². The summed E-state index contributed by atoms with van der Waals surface area (Å²) in [7, 11) is 1.76. The Labute approximate surface area is 92.7 Å². The van der Waals surface area contributed by atoms with Crippen molar-refractivity contribution >= 4 is 0 Å². The molecule has 0 radical (unpaired) electrons. The van der Waals surface area contributed by atoms with E-state index in [1.807, 2.05) is 0 Å². The molecule has 0 aliphatic rings. The molecule has 1 nitrogen and oxygen atoms in total. The second kappa shape index (κ2) is 5.04. The van der Waals surface area contributed by atoms with Gasteiger partial charge in [-0.3, -0.25) is 0 Å². The largest absolute Gasteiger partial charge is 0.416 e. The summed E-state index contributed by atoms with van der Waals surface area (Å²) in [5.74, 6) is 5.58. The normalized spacial score (nSPS) is 10.8. The lowest BCUT2D eigenvalue weighted by Gasteiger charge is -2.09. The number of hydrogen-bond acceptors (Lipinski definition) is 1. The number of benzene rings is 1. The van der Waals surface area contributed by atoms with Crippen LogP contribution in [0, 0.1) is 18.8 Å². The summed E-state index contributed by atoms with van der Waals surface area (Å²) in [4.78, 5) is 0. The topological polar surface area (TPSA) is 12.0 Å². The Bertz CT molecular complexity index is 424. The summed E-state index contributed by atoms with van der Waals surface area (Å²) in [5, 5.41) is 2.83. The lowest BCUT2D eigenvalue weighted by Crippen LogP contribution is -2.07. The van der Waals surface area contributed by atoms with E-state index in [1.165, 1.54) is 19.1 Å². The Morgan fingerprint density at radius 2 is 2.00 bits per heavy atom. The smallest absolute Gasteiger partial charge is 0.309 e. The minimum Gasteiger partial charge on any atom is -0.309 e. The van der Waals surface area contributed by atoms with Gasteiger partial charge in [0, 0.05) is 5.56 Å². The molecule has 0 bridgehead atoms. The highest BCUT2D eigenvalue weighted by Gasteiger charge is 2.31. The van der Waals surface area contributed by atoms with Crippen LogP contribution < -0.4 is 5.32 Å². The number of halogens is 3. The van der Waals surface area contributed by atoms with Crippen molar-refractivity contribution in [3.05, 3.63) is 34.9 Å². The second-order valence-corrected chi connectivity index (χ2v) is 3.36. The number of hydrogen-bond donors (Lipinski definition) is 1. The maximum absolute atomic E-state index is 12.4. The van der Waals surface area contributed by atoms with Gasteiger partial charge in [0.05, 0.1) is 12.1 Å². The third-order valence-corrected chi connectivity index (χ3v) is 2.03.